The summed E-state index contributed by atoms with van der Waals surface area (Å²) in [7, 11) is 1.81. The lowest BCUT2D eigenvalue weighted by Gasteiger charge is -2.19. The van der Waals surface area contributed by atoms with E-state index in [-0.39, 0.29) is 17.6 Å². The van der Waals surface area contributed by atoms with Gasteiger partial charge in [0.2, 0.25) is 0 Å². The maximum Gasteiger partial charge on any atom is 0.293 e. The van der Waals surface area contributed by atoms with Gasteiger partial charge in [-0.05, 0) is 49.9 Å². The van der Waals surface area contributed by atoms with Gasteiger partial charge in [-0.2, -0.15) is 0 Å². The Balaban J connectivity index is 2.31. The quantitative estimate of drug-likeness (QED) is 0.638. The zero-order valence-electron chi connectivity index (χ0n) is 14.2. The van der Waals surface area contributed by atoms with Crippen LogP contribution in [0.2, 0.25) is 0 Å². The monoisotopic (exact) mass is 347 g/mol. The Hall–Kier alpha value is -2.41. The molecule has 0 atom stereocenters. The Labute approximate surface area is 145 Å². The number of carbonyl (C=O) groups is 1. The van der Waals surface area contributed by atoms with Gasteiger partial charge in [0.1, 0.15) is 5.69 Å². The highest BCUT2D eigenvalue weighted by Gasteiger charge is 2.21. The SMILES string of the molecule is Cc1ccsc1CN(C)c1ccc(C(=O)NC(C)C)cc1[N+](=O)[O-]. The molecule has 0 bridgehead atoms. The van der Waals surface area contributed by atoms with E-state index in [4.69, 9.17) is 0 Å². The Bertz CT molecular complexity index is 755. The number of nitro benzene ring substituents is 1. The number of nitrogens with one attached hydrogen (secondary N) is 1. The van der Waals surface area contributed by atoms with E-state index in [1.54, 1.807) is 23.5 Å². The first-order valence-corrected chi connectivity index (χ1v) is 8.51. The molecule has 24 heavy (non-hydrogen) atoms. The van der Waals surface area contributed by atoms with Crippen LogP contribution in [0, 0.1) is 17.0 Å². The smallest absolute Gasteiger partial charge is 0.293 e. The predicted octanol–water partition coefficient (Wildman–Crippen LogP) is 3.74. The van der Waals surface area contributed by atoms with E-state index in [0.717, 1.165) is 4.88 Å². The lowest BCUT2D eigenvalue weighted by atomic mass is 10.1. The summed E-state index contributed by atoms with van der Waals surface area (Å²) in [6.45, 7) is 6.30. The van der Waals surface area contributed by atoms with Gasteiger partial charge in [-0.3, -0.25) is 14.9 Å². The van der Waals surface area contributed by atoms with Crippen molar-refractivity contribution in [3.63, 3.8) is 0 Å². The molecule has 0 saturated carbocycles. The summed E-state index contributed by atoms with van der Waals surface area (Å²) in [5, 5.41) is 16.2. The van der Waals surface area contributed by atoms with Crippen molar-refractivity contribution in [3.8, 4) is 0 Å². The van der Waals surface area contributed by atoms with Gasteiger partial charge < -0.3 is 10.2 Å². The first-order chi connectivity index (χ1) is 11.3. The maximum atomic E-state index is 12.1. The minimum Gasteiger partial charge on any atom is -0.364 e. The molecule has 7 heteroatoms. The van der Waals surface area contributed by atoms with Gasteiger partial charge in [0.15, 0.2) is 0 Å². The van der Waals surface area contributed by atoms with Gasteiger partial charge in [0, 0.05) is 29.6 Å². The third-order valence-electron chi connectivity index (χ3n) is 3.61. The van der Waals surface area contributed by atoms with Crippen molar-refractivity contribution >= 4 is 28.6 Å². The Morgan fingerprint density at radius 1 is 1.38 bits per heavy atom. The summed E-state index contributed by atoms with van der Waals surface area (Å²) in [4.78, 5) is 26.1. The average Bonchev–Trinajstić information content (AvgIpc) is 2.91. The summed E-state index contributed by atoms with van der Waals surface area (Å²) in [6.07, 6.45) is 0. The normalized spacial score (nSPS) is 10.7. The third-order valence-corrected chi connectivity index (χ3v) is 4.62. The molecule has 1 amide bonds. The van der Waals surface area contributed by atoms with Crippen molar-refractivity contribution in [2.24, 2.45) is 0 Å². The molecule has 0 radical (unpaired) electrons. The number of benzene rings is 1. The van der Waals surface area contributed by atoms with Crippen LogP contribution in [0.5, 0.6) is 0 Å². The number of rotatable bonds is 6. The zero-order valence-corrected chi connectivity index (χ0v) is 15.0. The number of thiophene rings is 1. The lowest BCUT2D eigenvalue weighted by molar-refractivity contribution is -0.384. The molecule has 0 unspecified atom stereocenters. The molecular formula is C17H21N3O3S. The predicted molar refractivity (Wildman–Crippen MR) is 96.9 cm³/mol. The van der Waals surface area contributed by atoms with Crippen LogP contribution in [-0.4, -0.2) is 23.9 Å². The van der Waals surface area contributed by atoms with E-state index < -0.39 is 4.92 Å². The molecule has 6 nitrogen and oxygen atoms in total. The number of amides is 1. The molecule has 2 aromatic rings. The third kappa shape index (κ3) is 4.11. The van der Waals surface area contributed by atoms with Crippen molar-refractivity contribution < 1.29 is 9.72 Å². The van der Waals surface area contributed by atoms with E-state index in [1.165, 1.54) is 11.6 Å². The Morgan fingerprint density at radius 3 is 2.62 bits per heavy atom. The van der Waals surface area contributed by atoms with Crippen molar-refractivity contribution in [2.45, 2.75) is 33.4 Å². The first kappa shape index (κ1) is 17.9. The van der Waals surface area contributed by atoms with Gasteiger partial charge in [-0.1, -0.05) is 0 Å². The summed E-state index contributed by atoms with van der Waals surface area (Å²) in [5.74, 6) is -0.309. The van der Waals surface area contributed by atoms with E-state index in [9.17, 15) is 14.9 Å². The largest absolute Gasteiger partial charge is 0.364 e. The number of nitro groups is 1. The lowest BCUT2D eigenvalue weighted by Crippen LogP contribution is -2.30. The van der Waals surface area contributed by atoms with Crippen molar-refractivity contribution in [1.82, 2.24) is 5.32 Å². The number of nitrogens with zero attached hydrogens (tertiary/aromatic N) is 2. The second-order valence-electron chi connectivity index (χ2n) is 5.97. The second kappa shape index (κ2) is 7.44. The van der Waals surface area contributed by atoms with Gasteiger partial charge in [-0.15, -0.1) is 11.3 Å². The molecule has 1 heterocycles. The van der Waals surface area contributed by atoms with Crippen LogP contribution in [0.25, 0.3) is 0 Å². The molecule has 0 spiro atoms. The highest BCUT2D eigenvalue weighted by molar-refractivity contribution is 7.10. The summed E-state index contributed by atoms with van der Waals surface area (Å²) >= 11 is 1.63. The topological polar surface area (TPSA) is 75.5 Å². The molecule has 0 aliphatic heterocycles. The van der Waals surface area contributed by atoms with Crippen LogP contribution in [-0.2, 0) is 6.54 Å². The standard InChI is InChI=1S/C17H21N3O3S/c1-11(2)18-17(21)13-5-6-14(15(9-13)20(22)23)19(4)10-16-12(3)7-8-24-16/h5-9,11H,10H2,1-4H3,(H,18,21). The number of hydrogen-bond donors (Lipinski definition) is 1. The first-order valence-electron chi connectivity index (χ1n) is 7.63. The average molecular weight is 347 g/mol. The van der Waals surface area contributed by atoms with Crippen LogP contribution in [0.4, 0.5) is 11.4 Å². The van der Waals surface area contributed by atoms with Crippen molar-refractivity contribution in [1.29, 1.82) is 0 Å². The van der Waals surface area contributed by atoms with Gasteiger partial charge >= 0.3 is 0 Å². The van der Waals surface area contributed by atoms with Crippen LogP contribution < -0.4 is 10.2 Å². The molecular weight excluding hydrogens is 326 g/mol. The van der Waals surface area contributed by atoms with E-state index in [1.807, 2.05) is 44.2 Å². The fourth-order valence-corrected chi connectivity index (χ4v) is 3.30. The second-order valence-corrected chi connectivity index (χ2v) is 6.97. The molecule has 1 aromatic heterocycles. The molecule has 0 saturated heterocycles. The summed E-state index contributed by atoms with van der Waals surface area (Å²) < 4.78 is 0. The van der Waals surface area contributed by atoms with E-state index in [2.05, 4.69) is 5.32 Å². The fraction of sp³-hybridized carbons (Fsp3) is 0.353. The van der Waals surface area contributed by atoms with Gasteiger partial charge in [0.25, 0.3) is 11.6 Å². The summed E-state index contributed by atoms with van der Waals surface area (Å²) in [5.41, 5.74) is 1.89. The maximum absolute atomic E-state index is 12.1. The minimum atomic E-state index is -0.445. The highest BCUT2D eigenvalue weighted by atomic mass is 32.1. The van der Waals surface area contributed by atoms with Gasteiger partial charge in [0.05, 0.1) is 11.5 Å². The highest BCUT2D eigenvalue weighted by Crippen LogP contribution is 2.30. The van der Waals surface area contributed by atoms with Gasteiger partial charge in [-0.25, -0.2) is 0 Å². The summed E-state index contributed by atoms with van der Waals surface area (Å²) in [6, 6.07) is 6.60. The molecule has 2 rings (SSSR count). The van der Waals surface area contributed by atoms with Crippen molar-refractivity contribution in [2.75, 3.05) is 11.9 Å². The van der Waals surface area contributed by atoms with Crippen LogP contribution in [0.3, 0.4) is 0 Å². The zero-order chi connectivity index (χ0) is 17.9. The minimum absolute atomic E-state index is 0.0271. The van der Waals surface area contributed by atoms with Crippen LogP contribution in [0.1, 0.15) is 34.6 Å². The van der Waals surface area contributed by atoms with E-state index >= 15 is 0 Å². The molecule has 1 N–H and O–H groups in total. The van der Waals surface area contributed by atoms with Crippen LogP contribution in [0.15, 0.2) is 29.6 Å². The molecule has 0 fully saturated rings. The number of anilines is 1. The molecule has 0 aliphatic rings. The Morgan fingerprint density at radius 2 is 2.08 bits per heavy atom. The van der Waals surface area contributed by atoms with Crippen LogP contribution >= 0.6 is 11.3 Å². The number of carbonyl (C=O) groups excluding carboxylic acids is 1. The fourth-order valence-electron chi connectivity index (χ4n) is 2.35. The van der Waals surface area contributed by atoms with Crippen molar-refractivity contribution in [3.05, 3.63) is 55.8 Å². The number of hydrogen-bond acceptors (Lipinski definition) is 5. The molecule has 128 valence electrons. The molecule has 1 aromatic carbocycles. The number of aryl methyl sites for hydroxylation is 1. The molecule has 0 aliphatic carbocycles. The Kier molecular flexibility index (Phi) is 5.56. The van der Waals surface area contributed by atoms with E-state index in [0.29, 0.717) is 17.8 Å².